The summed E-state index contributed by atoms with van der Waals surface area (Å²) in [7, 11) is 0. The Morgan fingerprint density at radius 3 is 2.69 bits per heavy atom. The quantitative estimate of drug-likeness (QED) is 0.427. The van der Waals surface area contributed by atoms with Crippen molar-refractivity contribution in [2.75, 3.05) is 5.32 Å². The highest BCUT2D eigenvalue weighted by atomic mass is 16.6. The Morgan fingerprint density at radius 1 is 1.24 bits per heavy atom. The summed E-state index contributed by atoms with van der Waals surface area (Å²) in [5, 5.41) is 21.6. The van der Waals surface area contributed by atoms with Gasteiger partial charge in [0.1, 0.15) is 0 Å². The minimum Gasteiger partial charge on any atom is -0.464 e. The molecule has 0 bridgehead atoms. The third-order valence-corrected chi connectivity index (χ3v) is 3.85. The number of carbonyl (C=O) groups excluding carboxylic acids is 2. The van der Waals surface area contributed by atoms with Gasteiger partial charge in [-0.15, -0.1) is 0 Å². The van der Waals surface area contributed by atoms with Crippen molar-refractivity contribution in [3.8, 4) is 5.75 Å². The van der Waals surface area contributed by atoms with Crippen molar-refractivity contribution in [3.63, 3.8) is 0 Å². The lowest BCUT2D eigenvalue weighted by molar-refractivity contribution is -0.386. The number of carbonyl (C=O) groups is 2. The van der Waals surface area contributed by atoms with E-state index in [2.05, 4.69) is 15.5 Å². The topological polar surface area (TPSA) is 160 Å². The maximum atomic E-state index is 12.4. The van der Waals surface area contributed by atoms with Crippen LogP contribution in [0.2, 0.25) is 0 Å². The van der Waals surface area contributed by atoms with E-state index >= 15 is 0 Å². The summed E-state index contributed by atoms with van der Waals surface area (Å²) in [6, 6.07) is 7.36. The Kier molecular flexibility index (Phi) is 5.53. The molecule has 0 saturated heterocycles. The normalized spacial score (nSPS) is 10.5. The fourth-order valence-corrected chi connectivity index (χ4v) is 2.46. The van der Waals surface area contributed by atoms with E-state index in [-0.39, 0.29) is 35.2 Å². The molecule has 0 saturated carbocycles. The zero-order chi connectivity index (χ0) is 21.0. The highest BCUT2D eigenvalue weighted by Crippen LogP contribution is 2.26. The molecular weight excluding hydrogens is 382 g/mol. The molecule has 12 nitrogen and oxygen atoms in total. The van der Waals surface area contributed by atoms with E-state index in [0.29, 0.717) is 6.54 Å². The number of hydrogen-bond acceptors (Lipinski definition) is 7. The average molecular weight is 399 g/mol. The molecule has 0 aliphatic heterocycles. The van der Waals surface area contributed by atoms with Crippen LogP contribution in [0.15, 0.2) is 42.7 Å². The summed E-state index contributed by atoms with van der Waals surface area (Å²) in [6.07, 6.45) is 2.97. The van der Waals surface area contributed by atoms with Gasteiger partial charge >= 0.3 is 5.69 Å². The Balaban J connectivity index is 1.69. The van der Waals surface area contributed by atoms with Gasteiger partial charge in [-0.25, -0.2) is 4.68 Å². The maximum absolute atomic E-state index is 12.4. The van der Waals surface area contributed by atoms with E-state index in [4.69, 9.17) is 10.5 Å². The van der Waals surface area contributed by atoms with E-state index < -0.39 is 16.7 Å². The lowest BCUT2D eigenvalue weighted by Crippen LogP contribution is -2.18. The van der Waals surface area contributed by atoms with Gasteiger partial charge in [-0.1, -0.05) is 12.1 Å². The molecule has 29 heavy (non-hydrogen) atoms. The predicted octanol–water partition coefficient (Wildman–Crippen LogP) is 1.40. The summed E-state index contributed by atoms with van der Waals surface area (Å²) < 4.78 is 8.19. The SMILES string of the molecule is CCn1cc(NC(=O)c2ccn(COc3ccccc3[N+](=O)[O-])n2)c(C(N)=O)n1. The first kappa shape index (κ1) is 19.5. The number of primary amides is 1. The third kappa shape index (κ3) is 4.37. The van der Waals surface area contributed by atoms with Gasteiger partial charge in [0.25, 0.3) is 11.8 Å². The highest BCUT2D eigenvalue weighted by Gasteiger charge is 2.19. The first-order valence-electron chi connectivity index (χ1n) is 8.47. The van der Waals surface area contributed by atoms with Crippen molar-refractivity contribution in [2.24, 2.45) is 5.73 Å². The number of anilines is 1. The van der Waals surface area contributed by atoms with Gasteiger partial charge in [0.05, 0.1) is 10.6 Å². The minimum absolute atomic E-state index is 0.0517. The molecular formula is C17H17N7O5. The number of aromatic nitrogens is 4. The second kappa shape index (κ2) is 8.21. The first-order chi connectivity index (χ1) is 13.9. The number of nitro benzene ring substituents is 1. The number of hydrogen-bond donors (Lipinski definition) is 2. The first-order valence-corrected chi connectivity index (χ1v) is 8.47. The molecule has 12 heteroatoms. The number of amides is 2. The van der Waals surface area contributed by atoms with Gasteiger partial charge < -0.3 is 15.8 Å². The number of nitrogens with two attached hydrogens (primary N) is 1. The molecule has 150 valence electrons. The van der Waals surface area contributed by atoms with Gasteiger partial charge in [-0.05, 0) is 19.1 Å². The van der Waals surface area contributed by atoms with Gasteiger partial charge in [0, 0.05) is 25.0 Å². The fraction of sp³-hybridized carbons (Fsp3) is 0.176. The van der Waals surface area contributed by atoms with Crippen LogP contribution >= 0.6 is 0 Å². The second-order valence-corrected chi connectivity index (χ2v) is 5.80. The molecule has 2 heterocycles. The number of nitro groups is 1. The number of para-hydroxylation sites is 2. The molecule has 0 unspecified atom stereocenters. The Morgan fingerprint density at radius 2 is 2.00 bits per heavy atom. The van der Waals surface area contributed by atoms with Gasteiger partial charge in [0.15, 0.2) is 23.9 Å². The van der Waals surface area contributed by atoms with E-state index in [0.717, 1.165) is 0 Å². The Hall–Kier alpha value is -4.22. The van der Waals surface area contributed by atoms with Gasteiger partial charge in [0.2, 0.25) is 0 Å². The Labute approximate surface area is 164 Å². The molecule has 0 aliphatic carbocycles. The van der Waals surface area contributed by atoms with Crippen LogP contribution in [-0.2, 0) is 13.3 Å². The molecule has 0 radical (unpaired) electrons. The van der Waals surface area contributed by atoms with Crippen LogP contribution in [0, 0.1) is 10.1 Å². The number of nitrogens with zero attached hydrogens (tertiary/aromatic N) is 5. The second-order valence-electron chi connectivity index (χ2n) is 5.80. The smallest absolute Gasteiger partial charge is 0.311 e. The molecule has 3 rings (SSSR count). The van der Waals surface area contributed by atoms with Gasteiger partial charge in [-0.3, -0.25) is 24.4 Å². The number of benzene rings is 1. The van der Waals surface area contributed by atoms with Crippen LogP contribution in [0.4, 0.5) is 11.4 Å². The van der Waals surface area contributed by atoms with Crippen LogP contribution in [0.25, 0.3) is 0 Å². The molecule has 3 aromatic rings. The number of ether oxygens (including phenoxy) is 1. The zero-order valence-corrected chi connectivity index (χ0v) is 15.3. The standard InChI is InChI=1S/C17H17N7O5/c1-2-22-9-12(15(21-22)16(18)25)19-17(26)11-7-8-23(20-11)10-29-14-6-4-3-5-13(14)24(27)28/h3-9H,2,10H2,1H3,(H2,18,25)(H,19,26). The Bertz CT molecular complexity index is 1070. The molecule has 1 aromatic carbocycles. The van der Waals surface area contributed by atoms with E-state index in [1.807, 2.05) is 6.92 Å². The third-order valence-electron chi connectivity index (χ3n) is 3.85. The maximum Gasteiger partial charge on any atom is 0.311 e. The molecule has 2 aromatic heterocycles. The van der Waals surface area contributed by atoms with Crippen LogP contribution < -0.4 is 15.8 Å². The molecule has 0 aliphatic rings. The van der Waals surface area contributed by atoms with E-state index in [1.165, 1.54) is 46.0 Å². The number of nitrogens with one attached hydrogen (secondary N) is 1. The van der Waals surface area contributed by atoms with E-state index in [1.54, 1.807) is 6.07 Å². The molecule has 0 fully saturated rings. The van der Waals surface area contributed by atoms with Crippen molar-refractivity contribution in [1.29, 1.82) is 0 Å². The highest BCUT2D eigenvalue weighted by molar-refractivity contribution is 6.06. The van der Waals surface area contributed by atoms with Crippen molar-refractivity contribution in [1.82, 2.24) is 19.6 Å². The molecule has 2 amide bonds. The molecule has 3 N–H and O–H groups in total. The average Bonchev–Trinajstić information content (AvgIpc) is 3.33. The summed E-state index contributed by atoms with van der Waals surface area (Å²) in [5.41, 5.74) is 5.27. The molecule has 0 atom stereocenters. The van der Waals surface area contributed by atoms with Crippen LogP contribution in [0.1, 0.15) is 27.9 Å². The largest absolute Gasteiger partial charge is 0.464 e. The number of aryl methyl sites for hydroxylation is 1. The van der Waals surface area contributed by atoms with E-state index in [9.17, 15) is 19.7 Å². The molecule has 0 spiro atoms. The van der Waals surface area contributed by atoms with Crippen LogP contribution in [0.3, 0.4) is 0 Å². The van der Waals surface area contributed by atoms with Crippen molar-refractivity contribution < 1.29 is 19.2 Å². The zero-order valence-electron chi connectivity index (χ0n) is 15.3. The summed E-state index contributed by atoms with van der Waals surface area (Å²) in [6.45, 7) is 2.17. The predicted molar refractivity (Wildman–Crippen MR) is 100 cm³/mol. The van der Waals surface area contributed by atoms with Crippen molar-refractivity contribution >= 4 is 23.2 Å². The summed E-state index contributed by atoms with van der Waals surface area (Å²) in [5.74, 6) is -1.26. The minimum atomic E-state index is -0.768. The lowest BCUT2D eigenvalue weighted by atomic mass is 10.3. The monoisotopic (exact) mass is 399 g/mol. The summed E-state index contributed by atoms with van der Waals surface area (Å²) in [4.78, 5) is 34.3. The summed E-state index contributed by atoms with van der Waals surface area (Å²) >= 11 is 0. The van der Waals surface area contributed by atoms with Crippen molar-refractivity contribution in [2.45, 2.75) is 20.2 Å². The number of rotatable bonds is 8. The fourth-order valence-electron chi connectivity index (χ4n) is 2.46. The van der Waals surface area contributed by atoms with Crippen LogP contribution in [0.5, 0.6) is 5.75 Å². The van der Waals surface area contributed by atoms with Gasteiger partial charge in [-0.2, -0.15) is 10.2 Å². The van der Waals surface area contributed by atoms with Crippen molar-refractivity contribution in [3.05, 3.63) is 64.2 Å². The van der Waals surface area contributed by atoms with Crippen LogP contribution in [-0.4, -0.2) is 36.3 Å². The lowest BCUT2D eigenvalue weighted by Gasteiger charge is -2.06.